The molecule has 0 radical (unpaired) electrons. The second-order valence-corrected chi connectivity index (χ2v) is 5.52. The van der Waals surface area contributed by atoms with Crippen LogP contribution in [0.4, 0.5) is 0 Å². The zero-order valence-electron chi connectivity index (χ0n) is 11.3. The second-order valence-electron chi connectivity index (χ2n) is 4.58. The molecule has 0 fully saturated rings. The average molecular weight is 285 g/mol. The molecule has 6 nitrogen and oxygen atoms in total. The summed E-state index contributed by atoms with van der Waals surface area (Å²) in [6.45, 7) is 5.53. The van der Waals surface area contributed by atoms with Crippen molar-refractivity contribution in [1.82, 2.24) is 9.88 Å². The molecular formula is C12H19N3O3S. The fourth-order valence-electron chi connectivity index (χ4n) is 1.69. The number of hydrogen-bond acceptors (Lipinski definition) is 5. The molecule has 0 aliphatic rings. The second kappa shape index (κ2) is 6.12. The highest BCUT2D eigenvalue weighted by atomic mass is 32.1. The summed E-state index contributed by atoms with van der Waals surface area (Å²) in [6, 6.07) is 0. The Bertz CT molecular complexity index is 471. The fourth-order valence-corrected chi connectivity index (χ4v) is 2.48. The quantitative estimate of drug-likeness (QED) is 0.811. The molecule has 0 bridgehead atoms. The summed E-state index contributed by atoms with van der Waals surface area (Å²) in [5.41, 5.74) is 4.46. The molecule has 1 heterocycles. The molecule has 3 N–H and O–H groups in total. The monoisotopic (exact) mass is 285 g/mol. The maximum absolute atomic E-state index is 12.3. The Hall–Kier alpha value is -1.47. The number of hydrogen-bond donors (Lipinski definition) is 2. The lowest BCUT2D eigenvalue weighted by Crippen LogP contribution is -2.53. The summed E-state index contributed by atoms with van der Waals surface area (Å²) in [5, 5.41) is 11.6. The number of likely N-dealkylation sites (N-methyl/N-ethyl adjacent to an activating group) is 1. The molecule has 0 saturated carbocycles. The van der Waals surface area contributed by atoms with E-state index in [0.29, 0.717) is 19.5 Å². The fraction of sp³-hybridized carbons (Fsp3) is 0.583. The van der Waals surface area contributed by atoms with Gasteiger partial charge in [0.1, 0.15) is 11.2 Å². The Kier molecular flexibility index (Phi) is 5.02. The Balaban J connectivity index is 2.98. The molecule has 0 spiro atoms. The van der Waals surface area contributed by atoms with Crippen molar-refractivity contribution < 1.29 is 14.7 Å². The number of rotatable bonds is 6. The maximum atomic E-state index is 12.3. The lowest BCUT2D eigenvalue weighted by molar-refractivity contribution is -0.147. The molecule has 1 aromatic rings. The number of aromatic nitrogens is 1. The number of thiazole rings is 1. The first kappa shape index (κ1) is 15.6. The van der Waals surface area contributed by atoms with Crippen LogP contribution >= 0.6 is 11.3 Å². The third kappa shape index (κ3) is 3.30. The molecule has 106 valence electrons. The van der Waals surface area contributed by atoms with Crippen molar-refractivity contribution in [2.75, 3.05) is 13.1 Å². The van der Waals surface area contributed by atoms with E-state index in [0.717, 1.165) is 5.01 Å². The van der Waals surface area contributed by atoms with Gasteiger partial charge in [0.2, 0.25) is 0 Å². The smallest absolute Gasteiger partial charge is 0.329 e. The van der Waals surface area contributed by atoms with Gasteiger partial charge in [-0.05, 0) is 27.3 Å². The first-order chi connectivity index (χ1) is 8.84. The minimum Gasteiger partial charge on any atom is -0.480 e. The van der Waals surface area contributed by atoms with Crippen molar-refractivity contribution in [3.63, 3.8) is 0 Å². The van der Waals surface area contributed by atoms with Crippen LogP contribution in [0, 0.1) is 0 Å². The summed E-state index contributed by atoms with van der Waals surface area (Å²) in [4.78, 5) is 29.1. The standard InChI is InChI=1S/C12H19N3O3S/c1-4-15(12(2,3)11(17)18)10(16)8-7-19-9(14-8)5-6-13/h7H,4-6,13H2,1-3H3,(H,17,18). The first-order valence-electron chi connectivity index (χ1n) is 6.04. The highest BCUT2D eigenvalue weighted by molar-refractivity contribution is 7.09. The van der Waals surface area contributed by atoms with Crippen molar-refractivity contribution in [3.05, 3.63) is 16.1 Å². The van der Waals surface area contributed by atoms with Crippen molar-refractivity contribution in [2.24, 2.45) is 5.73 Å². The van der Waals surface area contributed by atoms with E-state index in [4.69, 9.17) is 5.73 Å². The minimum absolute atomic E-state index is 0.282. The Labute approximate surface area is 116 Å². The van der Waals surface area contributed by atoms with E-state index in [-0.39, 0.29) is 11.6 Å². The van der Waals surface area contributed by atoms with Gasteiger partial charge in [-0.3, -0.25) is 4.79 Å². The number of carboxylic acids is 1. The Morgan fingerprint density at radius 2 is 2.16 bits per heavy atom. The molecule has 1 rings (SSSR count). The van der Waals surface area contributed by atoms with Crippen LogP contribution in [-0.4, -0.2) is 45.5 Å². The van der Waals surface area contributed by atoms with E-state index in [1.54, 1.807) is 12.3 Å². The molecule has 1 aromatic heterocycles. The number of aliphatic carboxylic acids is 1. The molecule has 0 aliphatic carbocycles. The number of carbonyl (C=O) groups is 2. The normalized spacial score (nSPS) is 11.4. The Morgan fingerprint density at radius 3 is 2.63 bits per heavy atom. The summed E-state index contributed by atoms with van der Waals surface area (Å²) in [6.07, 6.45) is 0.617. The first-order valence-corrected chi connectivity index (χ1v) is 6.92. The van der Waals surface area contributed by atoms with E-state index >= 15 is 0 Å². The molecule has 0 aromatic carbocycles. The van der Waals surface area contributed by atoms with Gasteiger partial charge < -0.3 is 15.7 Å². The van der Waals surface area contributed by atoms with Crippen LogP contribution < -0.4 is 5.73 Å². The van der Waals surface area contributed by atoms with Gasteiger partial charge in [0, 0.05) is 18.3 Å². The highest BCUT2D eigenvalue weighted by Gasteiger charge is 2.37. The molecular weight excluding hydrogens is 266 g/mol. The average Bonchev–Trinajstić information content (AvgIpc) is 2.78. The van der Waals surface area contributed by atoms with Gasteiger partial charge in [-0.1, -0.05) is 0 Å². The number of carbonyl (C=O) groups excluding carboxylic acids is 1. The summed E-state index contributed by atoms with van der Waals surface area (Å²) < 4.78 is 0. The zero-order chi connectivity index (χ0) is 14.6. The van der Waals surface area contributed by atoms with Gasteiger partial charge in [0.05, 0.1) is 5.01 Å². The number of carboxylic acid groups (broad SMARTS) is 1. The predicted octanol–water partition coefficient (Wildman–Crippen LogP) is 0.970. The van der Waals surface area contributed by atoms with Crippen LogP contribution in [0.15, 0.2) is 5.38 Å². The molecule has 7 heteroatoms. The Morgan fingerprint density at radius 1 is 1.53 bits per heavy atom. The third-order valence-electron chi connectivity index (χ3n) is 2.89. The van der Waals surface area contributed by atoms with Gasteiger partial charge >= 0.3 is 5.97 Å². The SMILES string of the molecule is CCN(C(=O)c1csc(CCN)n1)C(C)(C)C(=O)O. The van der Waals surface area contributed by atoms with Crippen molar-refractivity contribution >= 4 is 23.2 Å². The predicted molar refractivity (Wildman–Crippen MR) is 73.3 cm³/mol. The molecule has 0 atom stereocenters. The zero-order valence-corrected chi connectivity index (χ0v) is 12.2. The van der Waals surface area contributed by atoms with Gasteiger partial charge in [-0.15, -0.1) is 11.3 Å². The van der Waals surface area contributed by atoms with Crippen molar-refractivity contribution in [3.8, 4) is 0 Å². The molecule has 1 amide bonds. The van der Waals surface area contributed by atoms with E-state index in [2.05, 4.69) is 4.98 Å². The van der Waals surface area contributed by atoms with Gasteiger partial charge in [0.25, 0.3) is 5.91 Å². The van der Waals surface area contributed by atoms with Crippen LogP contribution in [0.5, 0.6) is 0 Å². The minimum atomic E-state index is -1.26. The van der Waals surface area contributed by atoms with Crippen LogP contribution in [0.2, 0.25) is 0 Å². The summed E-state index contributed by atoms with van der Waals surface area (Å²) in [7, 11) is 0. The molecule has 0 saturated heterocycles. The lowest BCUT2D eigenvalue weighted by Gasteiger charge is -2.33. The van der Waals surface area contributed by atoms with Crippen LogP contribution in [0.3, 0.4) is 0 Å². The lowest BCUT2D eigenvalue weighted by atomic mass is 10.0. The summed E-state index contributed by atoms with van der Waals surface area (Å²) in [5.74, 6) is -1.41. The van der Waals surface area contributed by atoms with Crippen LogP contribution in [0.25, 0.3) is 0 Å². The topological polar surface area (TPSA) is 96.5 Å². The maximum Gasteiger partial charge on any atom is 0.329 e. The van der Waals surface area contributed by atoms with Gasteiger partial charge in [0.15, 0.2) is 0 Å². The van der Waals surface area contributed by atoms with Gasteiger partial charge in [-0.2, -0.15) is 0 Å². The van der Waals surface area contributed by atoms with E-state index < -0.39 is 11.5 Å². The van der Waals surface area contributed by atoms with E-state index in [1.165, 1.54) is 30.1 Å². The highest BCUT2D eigenvalue weighted by Crippen LogP contribution is 2.19. The number of nitrogens with two attached hydrogens (primary N) is 1. The molecule has 0 aliphatic heterocycles. The van der Waals surface area contributed by atoms with Crippen LogP contribution in [-0.2, 0) is 11.2 Å². The largest absolute Gasteiger partial charge is 0.480 e. The van der Waals surface area contributed by atoms with Crippen LogP contribution in [0.1, 0.15) is 36.3 Å². The summed E-state index contributed by atoms with van der Waals surface area (Å²) >= 11 is 1.36. The van der Waals surface area contributed by atoms with E-state index in [9.17, 15) is 14.7 Å². The van der Waals surface area contributed by atoms with Crippen molar-refractivity contribution in [2.45, 2.75) is 32.7 Å². The van der Waals surface area contributed by atoms with Crippen molar-refractivity contribution in [1.29, 1.82) is 0 Å². The molecule has 19 heavy (non-hydrogen) atoms. The number of amides is 1. The van der Waals surface area contributed by atoms with E-state index in [1.807, 2.05) is 0 Å². The third-order valence-corrected chi connectivity index (χ3v) is 3.80. The van der Waals surface area contributed by atoms with Gasteiger partial charge in [-0.25, -0.2) is 9.78 Å². The molecule has 0 unspecified atom stereocenters. The number of nitrogens with zero attached hydrogens (tertiary/aromatic N) is 2.